The Labute approximate surface area is 92.0 Å². The Morgan fingerprint density at radius 2 is 2.29 bits per heavy atom. The summed E-state index contributed by atoms with van der Waals surface area (Å²) in [4.78, 5) is 9.17. The van der Waals surface area contributed by atoms with Crippen molar-refractivity contribution < 1.29 is 0 Å². The lowest BCUT2D eigenvalue weighted by atomic mass is 10.0. The normalized spacial score (nSPS) is 11.4. The zero-order valence-electron chi connectivity index (χ0n) is 8.12. The molecule has 0 radical (unpaired) electrons. The number of hydrogen-bond acceptors (Lipinski definition) is 3. The first-order valence-corrected chi connectivity index (χ1v) is 5.81. The molecule has 2 nitrogen and oxygen atoms in total. The quantitative estimate of drug-likeness (QED) is 0.732. The van der Waals surface area contributed by atoms with E-state index in [1.807, 2.05) is 6.20 Å². The molecule has 2 heterocycles. The molecule has 0 N–H and O–H groups in total. The second-order valence-electron chi connectivity index (χ2n) is 3.72. The Bertz CT molecular complexity index is 450. The van der Waals surface area contributed by atoms with E-state index in [0.29, 0.717) is 11.2 Å². The molecule has 74 valence electrons. The van der Waals surface area contributed by atoms with Crippen LogP contribution in [-0.2, 0) is 6.42 Å². The monoisotopic (exact) mass is 226 g/mol. The average molecular weight is 227 g/mol. The Morgan fingerprint density at radius 3 is 3.00 bits per heavy atom. The molecule has 0 aliphatic carbocycles. The van der Waals surface area contributed by atoms with Crippen LogP contribution in [0.1, 0.15) is 19.4 Å². The largest absolute Gasteiger partial charge is 0.226 e. The summed E-state index contributed by atoms with van der Waals surface area (Å²) in [5.74, 6) is 0.656. The molecular weight excluding hydrogens is 216 g/mol. The summed E-state index contributed by atoms with van der Waals surface area (Å²) in [6.07, 6.45) is 2.89. The Hall–Kier alpha value is -0.670. The van der Waals surface area contributed by atoms with Crippen LogP contribution < -0.4 is 0 Å². The van der Waals surface area contributed by atoms with Crippen LogP contribution in [0.25, 0.3) is 10.2 Å². The van der Waals surface area contributed by atoms with Crippen LogP contribution in [0.2, 0.25) is 5.28 Å². The van der Waals surface area contributed by atoms with Crippen molar-refractivity contribution >= 4 is 33.2 Å². The third kappa shape index (κ3) is 1.88. The minimum Gasteiger partial charge on any atom is -0.226 e. The Morgan fingerprint density at radius 1 is 1.50 bits per heavy atom. The van der Waals surface area contributed by atoms with E-state index in [9.17, 15) is 0 Å². The van der Waals surface area contributed by atoms with Crippen molar-refractivity contribution in [1.29, 1.82) is 0 Å². The van der Waals surface area contributed by atoms with E-state index in [-0.39, 0.29) is 0 Å². The highest BCUT2D eigenvalue weighted by Gasteiger charge is 2.07. The summed E-state index contributed by atoms with van der Waals surface area (Å²) in [7, 11) is 0. The molecule has 0 spiro atoms. The molecule has 0 bridgehead atoms. The summed E-state index contributed by atoms with van der Waals surface area (Å²) < 4.78 is 0. The van der Waals surface area contributed by atoms with E-state index in [1.54, 1.807) is 11.3 Å². The highest BCUT2D eigenvalue weighted by molar-refractivity contribution is 7.16. The molecule has 0 saturated heterocycles. The molecular formula is C10H11ClN2S. The van der Waals surface area contributed by atoms with Crippen LogP contribution in [0.3, 0.4) is 0 Å². The fourth-order valence-corrected chi connectivity index (χ4v) is 2.55. The summed E-state index contributed by atoms with van der Waals surface area (Å²) in [6, 6.07) is 0. The first kappa shape index (κ1) is 9.87. The standard InChI is InChI=1S/C10H11ClN2S/c1-6(2)3-7-5-14-9-8(7)4-12-10(11)13-9/h4-6H,3H2,1-2H3. The van der Waals surface area contributed by atoms with E-state index in [4.69, 9.17) is 11.6 Å². The third-order valence-corrected chi connectivity index (χ3v) is 3.13. The molecule has 14 heavy (non-hydrogen) atoms. The number of nitrogens with zero attached hydrogens (tertiary/aromatic N) is 2. The molecule has 0 aliphatic rings. The minimum atomic E-state index is 0.329. The zero-order valence-corrected chi connectivity index (χ0v) is 9.69. The van der Waals surface area contributed by atoms with Crippen molar-refractivity contribution in [3.05, 3.63) is 22.4 Å². The van der Waals surface area contributed by atoms with E-state index < -0.39 is 0 Å². The molecule has 0 unspecified atom stereocenters. The van der Waals surface area contributed by atoms with E-state index >= 15 is 0 Å². The van der Waals surface area contributed by atoms with Crippen molar-refractivity contribution in [2.24, 2.45) is 5.92 Å². The number of thiophene rings is 1. The third-order valence-electron chi connectivity index (χ3n) is 2.01. The molecule has 0 atom stereocenters. The van der Waals surface area contributed by atoms with Crippen molar-refractivity contribution in [3.8, 4) is 0 Å². The topological polar surface area (TPSA) is 25.8 Å². The maximum atomic E-state index is 5.72. The maximum Gasteiger partial charge on any atom is 0.223 e. The number of halogens is 1. The lowest BCUT2D eigenvalue weighted by Gasteiger charge is -2.01. The van der Waals surface area contributed by atoms with Gasteiger partial charge in [0.05, 0.1) is 0 Å². The van der Waals surface area contributed by atoms with Gasteiger partial charge >= 0.3 is 0 Å². The predicted octanol–water partition coefficient (Wildman–Crippen LogP) is 3.54. The highest BCUT2D eigenvalue weighted by Crippen LogP contribution is 2.26. The van der Waals surface area contributed by atoms with Gasteiger partial charge in [-0.25, -0.2) is 9.97 Å². The van der Waals surface area contributed by atoms with Gasteiger partial charge in [-0.05, 0) is 34.9 Å². The van der Waals surface area contributed by atoms with Crippen LogP contribution in [0, 0.1) is 5.92 Å². The molecule has 2 aromatic rings. The summed E-state index contributed by atoms with van der Waals surface area (Å²) in [5, 5.41) is 3.62. The Kier molecular flexibility index (Phi) is 2.70. The van der Waals surface area contributed by atoms with Gasteiger partial charge in [0.2, 0.25) is 5.28 Å². The van der Waals surface area contributed by atoms with Gasteiger partial charge in [0.15, 0.2) is 0 Å². The molecule has 0 aromatic carbocycles. The van der Waals surface area contributed by atoms with Crippen molar-refractivity contribution in [2.75, 3.05) is 0 Å². The maximum absolute atomic E-state index is 5.72. The van der Waals surface area contributed by atoms with Gasteiger partial charge in [-0.3, -0.25) is 0 Å². The number of fused-ring (bicyclic) bond motifs is 1. The second-order valence-corrected chi connectivity index (χ2v) is 4.91. The molecule has 0 saturated carbocycles. The molecule has 0 aliphatic heterocycles. The number of rotatable bonds is 2. The van der Waals surface area contributed by atoms with Crippen molar-refractivity contribution in [1.82, 2.24) is 9.97 Å². The van der Waals surface area contributed by atoms with Crippen LogP contribution in [-0.4, -0.2) is 9.97 Å². The molecule has 0 amide bonds. The van der Waals surface area contributed by atoms with Gasteiger partial charge in [-0.1, -0.05) is 13.8 Å². The van der Waals surface area contributed by atoms with Crippen molar-refractivity contribution in [3.63, 3.8) is 0 Å². The molecule has 2 aromatic heterocycles. The summed E-state index contributed by atoms with van der Waals surface area (Å²) >= 11 is 7.35. The van der Waals surface area contributed by atoms with Gasteiger partial charge in [0, 0.05) is 11.6 Å². The molecule has 0 fully saturated rings. The first-order valence-electron chi connectivity index (χ1n) is 4.55. The van der Waals surface area contributed by atoms with Gasteiger partial charge in [0.25, 0.3) is 0 Å². The van der Waals surface area contributed by atoms with E-state index in [0.717, 1.165) is 16.6 Å². The first-order chi connectivity index (χ1) is 6.66. The summed E-state index contributed by atoms with van der Waals surface area (Å²) in [5.41, 5.74) is 1.33. The molecule has 2 rings (SSSR count). The fraction of sp³-hybridized carbons (Fsp3) is 0.400. The van der Waals surface area contributed by atoms with Gasteiger partial charge in [0.1, 0.15) is 4.83 Å². The van der Waals surface area contributed by atoms with E-state index in [2.05, 4.69) is 29.2 Å². The van der Waals surface area contributed by atoms with Crippen LogP contribution >= 0.6 is 22.9 Å². The Balaban J connectivity index is 2.47. The fourth-order valence-electron chi connectivity index (χ4n) is 1.44. The number of hydrogen-bond donors (Lipinski definition) is 0. The van der Waals surface area contributed by atoms with Crippen LogP contribution in [0.15, 0.2) is 11.6 Å². The second kappa shape index (κ2) is 3.83. The van der Waals surface area contributed by atoms with Crippen molar-refractivity contribution in [2.45, 2.75) is 20.3 Å². The summed E-state index contributed by atoms with van der Waals surface area (Å²) in [6.45, 7) is 4.42. The van der Waals surface area contributed by atoms with Crippen LogP contribution in [0.5, 0.6) is 0 Å². The zero-order chi connectivity index (χ0) is 10.1. The smallest absolute Gasteiger partial charge is 0.223 e. The van der Waals surface area contributed by atoms with Crippen LogP contribution in [0.4, 0.5) is 0 Å². The predicted molar refractivity (Wildman–Crippen MR) is 61.0 cm³/mol. The van der Waals surface area contributed by atoms with E-state index in [1.165, 1.54) is 5.56 Å². The molecule has 4 heteroatoms. The van der Waals surface area contributed by atoms with Gasteiger partial charge in [-0.15, -0.1) is 11.3 Å². The lowest BCUT2D eigenvalue weighted by Crippen LogP contribution is -1.92. The SMILES string of the molecule is CC(C)Cc1csc2nc(Cl)ncc12. The average Bonchev–Trinajstić information content (AvgIpc) is 2.47. The highest BCUT2D eigenvalue weighted by atomic mass is 35.5. The minimum absolute atomic E-state index is 0.329. The van der Waals surface area contributed by atoms with Gasteiger partial charge < -0.3 is 0 Å². The lowest BCUT2D eigenvalue weighted by molar-refractivity contribution is 0.651. The number of aromatic nitrogens is 2. The van der Waals surface area contributed by atoms with Gasteiger partial charge in [-0.2, -0.15) is 0 Å².